The molecule has 0 saturated carbocycles. The van der Waals surface area contributed by atoms with Crippen molar-refractivity contribution in [3.8, 4) is 11.5 Å². The van der Waals surface area contributed by atoms with E-state index in [2.05, 4.69) is 0 Å². The zero-order valence-electron chi connectivity index (χ0n) is 12.0. The van der Waals surface area contributed by atoms with Crippen LogP contribution >= 0.6 is 0 Å². The van der Waals surface area contributed by atoms with Crippen LogP contribution < -0.4 is 4.74 Å². The molecule has 2 rings (SSSR count). The van der Waals surface area contributed by atoms with Crippen LogP contribution in [0.25, 0.3) is 0 Å². The molecule has 0 spiro atoms. The summed E-state index contributed by atoms with van der Waals surface area (Å²) < 4.78 is 19.3. The third kappa shape index (κ3) is 3.40. The van der Waals surface area contributed by atoms with E-state index in [4.69, 9.17) is 4.74 Å². The summed E-state index contributed by atoms with van der Waals surface area (Å²) >= 11 is 0. The second kappa shape index (κ2) is 6.39. The molecule has 110 valence electrons. The lowest BCUT2D eigenvalue weighted by Crippen LogP contribution is -2.05. The molecule has 0 aliphatic carbocycles. The molecular formula is C17H17FO3. The monoisotopic (exact) mass is 288 g/mol. The molecule has 2 aromatic rings. The first-order chi connectivity index (χ1) is 10.0. The fourth-order valence-corrected chi connectivity index (χ4v) is 2.02. The Hall–Kier alpha value is -2.36. The van der Waals surface area contributed by atoms with Gasteiger partial charge in [-0.05, 0) is 55.3 Å². The number of phenols is 1. The van der Waals surface area contributed by atoms with Gasteiger partial charge in [-0.1, -0.05) is 6.92 Å². The average Bonchev–Trinajstić information content (AvgIpc) is 2.44. The van der Waals surface area contributed by atoms with Crippen LogP contribution in [0.4, 0.5) is 4.39 Å². The standard InChI is InChI=1S/C17H17FO3/c1-3-8-21-13-6-4-12(5-7-13)17(20)16-14(18)9-11(2)10-15(16)19/h4-7,9-10,19H,3,8H2,1-2H3. The van der Waals surface area contributed by atoms with Crippen molar-refractivity contribution in [3.63, 3.8) is 0 Å². The van der Waals surface area contributed by atoms with Crippen LogP contribution in [-0.2, 0) is 0 Å². The van der Waals surface area contributed by atoms with Crippen LogP contribution in [0.1, 0.15) is 34.8 Å². The van der Waals surface area contributed by atoms with E-state index in [1.165, 1.54) is 12.1 Å². The second-order valence-electron chi connectivity index (χ2n) is 4.84. The van der Waals surface area contributed by atoms with E-state index in [0.29, 0.717) is 23.5 Å². The lowest BCUT2D eigenvalue weighted by Gasteiger charge is -2.08. The van der Waals surface area contributed by atoms with Crippen molar-refractivity contribution in [3.05, 3.63) is 58.9 Å². The van der Waals surface area contributed by atoms with Crippen molar-refractivity contribution < 1.29 is 19.0 Å². The van der Waals surface area contributed by atoms with Gasteiger partial charge in [0.1, 0.15) is 17.3 Å². The first-order valence-electron chi connectivity index (χ1n) is 6.79. The number of phenolic OH excluding ortho intramolecular Hbond substituents is 1. The molecule has 0 heterocycles. The zero-order valence-corrected chi connectivity index (χ0v) is 12.0. The molecule has 0 radical (unpaired) electrons. The third-order valence-corrected chi connectivity index (χ3v) is 3.03. The highest BCUT2D eigenvalue weighted by atomic mass is 19.1. The molecule has 21 heavy (non-hydrogen) atoms. The van der Waals surface area contributed by atoms with Crippen molar-refractivity contribution in [1.29, 1.82) is 0 Å². The van der Waals surface area contributed by atoms with Crippen molar-refractivity contribution in [2.45, 2.75) is 20.3 Å². The summed E-state index contributed by atoms with van der Waals surface area (Å²) in [5.74, 6) is -0.957. The first-order valence-corrected chi connectivity index (χ1v) is 6.79. The highest BCUT2D eigenvalue weighted by molar-refractivity contribution is 6.10. The number of aromatic hydroxyl groups is 1. The van der Waals surface area contributed by atoms with Gasteiger partial charge < -0.3 is 9.84 Å². The van der Waals surface area contributed by atoms with Gasteiger partial charge in [-0.3, -0.25) is 4.79 Å². The van der Waals surface area contributed by atoms with Gasteiger partial charge in [-0.25, -0.2) is 4.39 Å². The molecule has 0 saturated heterocycles. The number of rotatable bonds is 5. The molecule has 1 N–H and O–H groups in total. The van der Waals surface area contributed by atoms with Crippen LogP contribution in [0, 0.1) is 12.7 Å². The van der Waals surface area contributed by atoms with E-state index in [1.54, 1.807) is 31.2 Å². The molecule has 0 unspecified atom stereocenters. The lowest BCUT2D eigenvalue weighted by atomic mass is 10.0. The number of benzene rings is 2. The summed E-state index contributed by atoms with van der Waals surface area (Å²) in [6.45, 7) is 4.25. The van der Waals surface area contributed by atoms with Crippen LogP contribution in [0.2, 0.25) is 0 Å². The smallest absolute Gasteiger partial charge is 0.199 e. The number of carbonyl (C=O) groups excluding carboxylic acids is 1. The minimum absolute atomic E-state index is 0.303. The molecule has 4 heteroatoms. The summed E-state index contributed by atoms with van der Waals surface area (Å²) in [6, 6.07) is 9.04. The zero-order chi connectivity index (χ0) is 15.4. The molecule has 2 aromatic carbocycles. The second-order valence-corrected chi connectivity index (χ2v) is 4.84. The van der Waals surface area contributed by atoms with Crippen LogP contribution in [0.5, 0.6) is 11.5 Å². The van der Waals surface area contributed by atoms with E-state index < -0.39 is 11.6 Å². The molecule has 0 atom stereocenters. The topological polar surface area (TPSA) is 46.5 Å². The van der Waals surface area contributed by atoms with Crippen LogP contribution in [0.3, 0.4) is 0 Å². The van der Waals surface area contributed by atoms with Crippen molar-refractivity contribution in [2.24, 2.45) is 0 Å². The number of halogens is 1. The maximum Gasteiger partial charge on any atom is 0.199 e. The number of ether oxygens (including phenoxy) is 1. The SMILES string of the molecule is CCCOc1ccc(C(=O)c2c(O)cc(C)cc2F)cc1. The van der Waals surface area contributed by atoms with Gasteiger partial charge in [-0.15, -0.1) is 0 Å². The lowest BCUT2D eigenvalue weighted by molar-refractivity contribution is 0.103. The van der Waals surface area contributed by atoms with E-state index in [9.17, 15) is 14.3 Å². The Morgan fingerprint density at radius 3 is 2.48 bits per heavy atom. The number of aryl methyl sites for hydroxylation is 1. The molecule has 0 aliphatic heterocycles. The van der Waals surface area contributed by atoms with E-state index >= 15 is 0 Å². The average molecular weight is 288 g/mol. The van der Waals surface area contributed by atoms with Gasteiger partial charge in [0.2, 0.25) is 0 Å². The number of hydrogen-bond donors (Lipinski definition) is 1. The van der Waals surface area contributed by atoms with E-state index in [-0.39, 0.29) is 11.3 Å². The normalized spacial score (nSPS) is 10.4. The minimum Gasteiger partial charge on any atom is -0.507 e. The van der Waals surface area contributed by atoms with Gasteiger partial charge in [0.25, 0.3) is 0 Å². The van der Waals surface area contributed by atoms with E-state index in [1.807, 2.05) is 6.92 Å². The maximum absolute atomic E-state index is 13.9. The van der Waals surface area contributed by atoms with Gasteiger partial charge in [0.05, 0.1) is 12.2 Å². The number of hydrogen-bond acceptors (Lipinski definition) is 3. The molecular weight excluding hydrogens is 271 g/mol. The van der Waals surface area contributed by atoms with Gasteiger partial charge >= 0.3 is 0 Å². The van der Waals surface area contributed by atoms with Gasteiger partial charge in [0.15, 0.2) is 5.78 Å². The number of ketones is 1. The molecule has 0 aromatic heterocycles. The van der Waals surface area contributed by atoms with Crippen molar-refractivity contribution in [2.75, 3.05) is 6.61 Å². The molecule has 0 aliphatic rings. The Labute approximate surface area is 123 Å². The molecule has 0 bridgehead atoms. The highest BCUT2D eigenvalue weighted by Gasteiger charge is 2.19. The van der Waals surface area contributed by atoms with E-state index in [0.717, 1.165) is 6.42 Å². The summed E-state index contributed by atoms with van der Waals surface area (Å²) in [7, 11) is 0. The summed E-state index contributed by atoms with van der Waals surface area (Å²) in [5.41, 5.74) is 0.560. The van der Waals surface area contributed by atoms with Crippen LogP contribution in [0.15, 0.2) is 36.4 Å². The Bertz CT molecular complexity index is 625. The van der Waals surface area contributed by atoms with Gasteiger partial charge in [-0.2, -0.15) is 0 Å². The van der Waals surface area contributed by atoms with Gasteiger partial charge in [0, 0.05) is 5.56 Å². The Morgan fingerprint density at radius 1 is 1.24 bits per heavy atom. The first kappa shape index (κ1) is 15.0. The number of carbonyl (C=O) groups is 1. The predicted octanol–water partition coefficient (Wildman–Crippen LogP) is 3.86. The quantitative estimate of drug-likeness (QED) is 0.850. The fourth-order valence-electron chi connectivity index (χ4n) is 2.02. The summed E-state index contributed by atoms with van der Waals surface area (Å²) in [4.78, 5) is 12.3. The molecule has 0 fully saturated rings. The highest BCUT2D eigenvalue weighted by Crippen LogP contribution is 2.26. The third-order valence-electron chi connectivity index (χ3n) is 3.03. The van der Waals surface area contributed by atoms with Crippen molar-refractivity contribution >= 4 is 5.78 Å². The largest absolute Gasteiger partial charge is 0.507 e. The minimum atomic E-state index is -0.719. The Balaban J connectivity index is 2.28. The fraction of sp³-hybridized carbons (Fsp3) is 0.235. The van der Waals surface area contributed by atoms with Crippen molar-refractivity contribution in [1.82, 2.24) is 0 Å². The Kier molecular flexibility index (Phi) is 4.58. The van der Waals surface area contributed by atoms with Crippen LogP contribution in [-0.4, -0.2) is 17.5 Å². The summed E-state index contributed by atoms with van der Waals surface area (Å²) in [5, 5.41) is 9.79. The Morgan fingerprint density at radius 2 is 1.90 bits per heavy atom. The molecule has 3 nitrogen and oxygen atoms in total. The maximum atomic E-state index is 13.9. The predicted molar refractivity (Wildman–Crippen MR) is 78.5 cm³/mol. The molecule has 0 amide bonds. The summed E-state index contributed by atoms with van der Waals surface area (Å²) in [6.07, 6.45) is 0.892.